The molecule has 1 aliphatic heterocycles. The molecule has 1 fully saturated rings. The van der Waals surface area contributed by atoms with Gasteiger partial charge in [-0.1, -0.05) is 13.3 Å². The average molecular weight is 363 g/mol. The monoisotopic (exact) mass is 363 g/mol. The predicted molar refractivity (Wildman–Crippen MR) is 98.7 cm³/mol. The maximum atomic E-state index is 12.3. The number of unbranched alkanes of at least 4 members (excludes halogenated alkanes) is 1. The van der Waals surface area contributed by atoms with Gasteiger partial charge in [0.2, 0.25) is 0 Å². The fraction of sp³-hybridized carbons (Fsp3) is 0.600. The van der Waals surface area contributed by atoms with Crippen LogP contribution in [0.5, 0.6) is 11.5 Å². The van der Waals surface area contributed by atoms with E-state index in [9.17, 15) is 9.59 Å². The lowest BCUT2D eigenvalue weighted by atomic mass is 10.0. The number of rotatable bonds is 8. The number of carbonyl (C=O) groups excluding carboxylic acids is 2. The van der Waals surface area contributed by atoms with Crippen LogP contribution in [0, 0.1) is 0 Å². The van der Waals surface area contributed by atoms with E-state index in [0.717, 1.165) is 38.6 Å². The Balaban J connectivity index is 1.93. The summed E-state index contributed by atoms with van der Waals surface area (Å²) in [6.45, 7) is 5.21. The molecule has 0 aromatic heterocycles. The molecule has 1 heterocycles. The zero-order valence-corrected chi connectivity index (χ0v) is 16.0. The average Bonchev–Trinajstić information content (AvgIpc) is 2.66. The van der Waals surface area contributed by atoms with Crippen LogP contribution in [-0.2, 0) is 9.53 Å². The largest absolute Gasteiger partial charge is 0.493 e. The van der Waals surface area contributed by atoms with Gasteiger partial charge in [-0.25, -0.2) is 4.79 Å². The van der Waals surface area contributed by atoms with Crippen molar-refractivity contribution in [1.29, 1.82) is 0 Å². The lowest BCUT2D eigenvalue weighted by Crippen LogP contribution is -2.44. The summed E-state index contributed by atoms with van der Waals surface area (Å²) in [6.07, 6.45) is 5.12. The highest BCUT2D eigenvalue weighted by atomic mass is 16.5. The maximum absolute atomic E-state index is 12.3. The SMILES string of the molecule is CCCCOc1ccc(C(=O)OCC(=O)N2CCCCC2C)cc1OC. The quantitative estimate of drug-likeness (QED) is 0.523. The van der Waals surface area contributed by atoms with Crippen LogP contribution in [-0.4, -0.2) is 49.7 Å². The fourth-order valence-corrected chi connectivity index (χ4v) is 3.00. The molecule has 1 atom stereocenters. The van der Waals surface area contributed by atoms with Gasteiger partial charge in [0.15, 0.2) is 18.1 Å². The molecule has 1 saturated heterocycles. The fourth-order valence-electron chi connectivity index (χ4n) is 3.00. The van der Waals surface area contributed by atoms with Crippen molar-refractivity contribution in [3.05, 3.63) is 23.8 Å². The first-order valence-corrected chi connectivity index (χ1v) is 9.34. The summed E-state index contributed by atoms with van der Waals surface area (Å²) in [5.74, 6) is 0.390. The highest BCUT2D eigenvalue weighted by Crippen LogP contribution is 2.28. The van der Waals surface area contributed by atoms with E-state index >= 15 is 0 Å². The Bertz CT molecular complexity index is 616. The minimum atomic E-state index is -0.540. The molecule has 0 radical (unpaired) electrons. The van der Waals surface area contributed by atoms with E-state index in [2.05, 4.69) is 6.92 Å². The highest BCUT2D eigenvalue weighted by Gasteiger charge is 2.24. The van der Waals surface area contributed by atoms with Crippen molar-refractivity contribution in [2.75, 3.05) is 26.9 Å². The lowest BCUT2D eigenvalue weighted by Gasteiger charge is -2.33. The molecule has 1 aromatic rings. The molecule has 0 saturated carbocycles. The Morgan fingerprint density at radius 3 is 2.73 bits per heavy atom. The highest BCUT2D eigenvalue weighted by molar-refractivity contribution is 5.92. The predicted octanol–water partition coefficient (Wildman–Crippen LogP) is 3.43. The lowest BCUT2D eigenvalue weighted by molar-refractivity contribution is -0.137. The van der Waals surface area contributed by atoms with Crippen LogP contribution in [0.3, 0.4) is 0 Å². The zero-order valence-electron chi connectivity index (χ0n) is 16.0. The summed E-state index contributed by atoms with van der Waals surface area (Å²) in [5.41, 5.74) is 0.337. The number of esters is 1. The van der Waals surface area contributed by atoms with E-state index < -0.39 is 5.97 Å². The van der Waals surface area contributed by atoms with Crippen molar-refractivity contribution in [2.24, 2.45) is 0 Å². The number of likely N-dealkylation sites (tertiary alicyclic amines) is 1. The Morgan fingerprint density at radius 2 is 2.04 bits per heavy atom. The third kappa shape index (κ3) is 5.38. The molecule has 144 valence electrons. The van der Waals surface area contributed by atoms with E-state index in [1.165, 1.54) is 7.11 Å². The molecule has 0 N–H and O–H groups in total. The number of ether oxygens (including phenoxy) is 3. The number of methoxy groups -OCH3 is 1. The van der Waals surface area contributed by atoms with Gasteiger partial charge in [0, 0.05) is 12.6 Å². The molecule has 0 aliphatic carbocycles. The van der Waals surface area contributed by atoms with Gasteiger partial charge in [-0.15, -0.1) is 0 Å². The molecular formula is C20H29NO5. The number of carbonyl (C=O) groups is 2. The molecular weight excluding hydrogens is 334 g/mol. The second kappa shape index (κ2) is 10.0. The normalized spacial score (nSPS) is 16.9. The summed E-state index contributed by atoms with van der Waals surface area (Å²) in [4.78, 5) is 26.3. The second-order valence-corrected chi connectivity index (χ2v) is 6.58. The first kappa shape index (κ1) is 20.1. The molecule has 1 amide bonds. The summed E-state index contributed by atoms with van der Waals surface area (Å²) in [7, 11) is 1.53. The molecule has 1 aromatic carbocycles. The van der Waals surface area contributed by atoms with Crippen molar-refractivity contribution in [3.8, 4) is 11.5 Å². The number of nitrogens with zero attached hydrogens (tertiary/aromatic N) is 1. The van der Waals surface area contributed by atoms with Crippen LogP contribution in [0.1, 0.15) is 56.3 Å². The van der Waals surface area contributed by atoms with Crippen molar-refractivity contribution in [1.82, 2.24) is 4.90 Å². The molecule has 26 heavy (non-hydrogen) atoms. The molecule has 0 spiro atoms. The van der Waals surface area contributed by atoms with E-state index in [1.54, 1.807) is 23.1 Å². The Labute approximate surface area is 155 Å². The van der Waals surface area contributed by atoms with Gasteiger partial charge < -0.3 is 19.1 Å². The van der Waals surface area contributed by atoms with Crippen LogP contribution in [0.4, 0.5) is 0 Å². The Kier molecular flexibility index (Phi) is 7.75. The molecule has 1 aliphatic rings. The molecule has 1 unspecified atom stereocenters. The third-order valence-electron chi connectivity index (χ3n) is 4.60. The summed E-state index contributed by atoms with van der Waals surface area (Å²) < 4.78 is 16.2. The maximum Gasteiger partial charge on any atom is 0.338 e. The number of benzene rings is 1. The zero-order chi connectivity index (χ0) is 18.9. The van der Waals surface area contributed by atoms with Crippen LogP contribution >= 0.6 is 0 Å². The van der Waals surface area contributed by atoms with Gasteiger partial charge >= 0.3 is 5.97 Å². The number of hydrogen-bond donors (Lipinski definition) is 0. The van der Waals surface area contributed by atoms with Gasteiger partial charge in [-0.2, -0.15) is 0 Å². The first-order chi connectivity index (χ1) is 12.6. The summed E-state index contributed by atoms with van der Waals surface area (Å²) >= 11 is 0. The van der Waals surface area contributed by atoms with Gasteiger partial charge in [-0.05, 0) is 50.8 Å². The molecule has 0 bridgehead atoms. The van der Waals surface area contributed by atoms with E-state index in [0.29, 0.717) is 23.7 Å². The standard InChI is InChI=1S/C20H29NO5/c1-4-5-12-25-17-10-9-16(13-18(17)24-3)20(23)26-14-19(22)21-11-7-6-8-15(21)2/h9-10,13,15H,4-8,11-12,14H2,1-3H3. The van der Waals surface area contributed by atoms with E-state index in [4.69, 9.17) is 14.2 Å². The van der Waals surface area contributed by atoms with Crippen molar-refractivity contribution in [2.45, 2.75) is 52.0 Å². The number of piperidine rings is 1. The van der Waals surface area contributed by atoms with E-state index in [1.807, 2.05) is 6.92 Å². The summed E-state index contributed by atoms with van der Waals surface area (Å²) in [6, 6.07) is 5.10. The second-order valence-electron chi connectivity index (χ2n) is 6.58. The Morgan fingerprint density at radius 1 is 1.23 bits per heavy atom. The topological polar surface area (TPSA) is 65.1 Å². The van der Waals surface area contributed by atoms with Gasteiger partial charge in [0.25, 0.3) is 5.91 Å². The van der Waals surface area contributed by atoms with Crippen LogP contribution < -0.4 is 9.47 Å². The first-order valence-electron chi connectivity index (χ1n) is 9.34. The summed E-state index contributed by atoms with van der Waals surface area (Å²) in [5, 5.41) is 0. The molecule has 2 rings (SSSR count). The van der Waals surface area contributed by atoms with Gasteiger partial charge in [0.1, 0.15) is 0 Å². The minimum Gasteiger partial charge on any atom is -0.493 e. The van der Waals surface area contributed by atoms with Crippen LogP contribution in [0.25, 0.3) is 0 Å². The molecule has 6 nitrogen and oxygen atoms in total. The third-order valence-corrected chi connectivity index (χ3v) is 4.60. The molecule has 6 heteroatoms. The Hall–Kier alpha value is -2.24. The van der Waals surface area contributed by atoms with Crippen molar-refractivity contribution >= 4 is 11.9 Å². The van der Waals surface area contributed by atoms with Crippen molar-refractivity contribution in [3.63, 3.8) is 0 Å². The number of hydrogen-bond acceptors (Lipinski definition) is 5. The number of amides is 1. The van der Waals surface area contributed by atoms with Crippen LogP contribution in [0.15, 0.2) is 18.2 Å². The smallest absolute Gasteiger partial charge is 0.338 e. The van der Waals surface area contributed by atoms with E-state index in [-0.39, 0.29) is 18.6 Å². The van der Waals surface area contributed by atoms with Gasteiger partial charge in [0.05, 0.1) is 19.3 Å². The van der Waals surface area contributed by atoms with Gasteiger partial charge in [-0.3, -0.25) is 4.79 Å². The minimum absolute atomic E-state index is 0.142. The van der Waals surface area contributed by atoms with Crippen molar-refractivity contribution < 1.29 is 23.8 Å². The van der Waals surface area contributed by atoms with Crippen LogP contribution in [0.2, 0.25) is 0 Å².